The smallest absolute Gasteiger partial charge is 0.220 e. The molecule has 5 heteroatoms. The fraction of sp³-hybridized carbons (Fsp3) is 0.667. The molecule has 0 aromatic heterocycles. The summed E-state index contributed by atoms with van der Waals surface area (Å²) in [4.78, 5) is 11.4. The minimum atomic E-state index is -0.585. The van der Waals surface area contributed by atoms with Crippen molar-refractivity contribution in [3.63, 3.8) is 0 Å². The summed E-state index contributed by atoms with van der Waals surface area (Å²) in [7, 11) is 1.61. The molecule has 1 N–H and O–H groups in total. The van der Waals surface area contributed by atoms with Crippen molar-refractivity contribution in [2.45, 2.75) is 77.7 Å². The van der Waals surface area contributed by atoms with Gasteiger partial charge in [-0.15, -0.1) is 12.6 Å². The predicted molar refractivity (Wildman–Crippen MR) is 111 cm³/mol. The fourth-order valence-corrected chi connectivity index (χ4v) is 2.75. The monoisotopic (exact) mass is 381 g/mol. The highest BCUT2D eigenvalue weighted by Crippen LogP contribution is 2.32. The normalized spacial score (nSPS) is 11.5. The molecule has 0 spiro atoms. The van der Waals surface area contributed by atoms with Gasteiger partial charge in [0.15, 0.2) is 11.5 Å². The maximum absolute atomic E-state index is 12.0. The van der Waals surface area contributed by atoms with Crippen molar-refractivity contribution in [1.82, 2.24) is 5.32 Å². The lowest BCUT2D eigenvalue weighted by Gasteiger charge is -2.22. The van der Waals surface area contributed by atoms with Gasteiger partial charge in [0.05, 0.1) is 7.11 Å². The minimum absolute atomic E-state index is 0.102. The summed E-state index contributed by atoms with van der Waals surface area (Å²) >= 11 is 4.38. The van der Waals surface area contributed by atoms with Crippen LogP contribution in [0.15, 0.2) is 18.2 Å². The van der Waals surface area contributed by atoms with Crippen molar-refractivity contribution in [1.29, 1.82) is 0 Å². The van der Waals surface area contributed by atoms with E-state index in [2.05, 4.69) is 31.8 Å². The number of unbranched alkanes of at least 4 members (excludes halogenated alkanes) is 3. The zero-order chi connectivity index (χ0) is 19.6. The quantitative estimate of drug-likeness (QED) is 0.291. The van der Waals surface area contributed by atoms with Crippen LogP contribution >= 0.6 is 12.6 Å². The molecule has 0 radical (unpaired) electrons. The van der Waals surface area contributed by atoms with Crippen molar-refractivity contribution in [3.05, 3.63) is 23.8 Å². The Labute approximate surface area is 164 Å². The van der Waals surface area contributed by atoms with Gasteiger partial charge in [0, 0.05) is 13.0 Å². The number of hydrogen-bond acceptors (Lipinski definition) is 4. The van der Waals surface area contributed by atoms with Crippen molar-refractivity contribution in [2.75, 3.05) is 7.11 Å². The van der Waals surface area contributed by atoms with Gasteiger partial charge in [0.25, 0.3) is 0 Å². The highest BCUT2D eigenvalue weighted by molar-refractivity contribution is 7.81. The number of benzene rings is 1. The summed E-state index contributed by atoms with van der Waals surface area (Å²) in [6, 6.07) is 5.68. The Morgan fingerprint density at radius 3 is 2.46 bits per heavy atom. The standard InChI is InChI=1S/C21H35NO3S/c1-16(2)10-8-6-7-9-11-20(23)22-15-17-12-13-18(19(14-17)24-5)25-21(3,4)26/h12-14,16,26H,6-11,15H2,1-5H3,(H,22,23). The van der Waals surface area contributed by atoms with Crippen LogP contribution in [0.2, 0.25) is 0 Å². The molecular weight excluding hydrogens is 346 g/mol. The molecule has 0 saturated heterocycles. The van der Waals surface area contributed by atoms with Crippen molar-refractivity contribution >= 4 is 18.5 Å². The van der Waals surface area contributed by atoms with Gasteiger partial charge in [0.1, 0.15) is 4.93 Å². The molecule has 0 unspecified atom stereocenters. The molecule has 148 valence electrons. The molecule has 1 rings (SSSR count). The Bertz CT molecular complexity index is 553. The van der Waals surface area contributed by atoms with Gasteiger partial charge in [-0.2, -0.15) is 0 Å². The van der Waals surface area contributed by atoms with E-state index in [1.807, 2.05) is 32.0 Å². The van der Waals surface area contributed by atoms with Crippen molar-refractivity contribution in [2.24, 2.45) is 5.92 Å². The third kappa shape index (κ3) is 9.95. The average molecular weight is 382 g/mol. The number of ether oxygens (including phenoxy) is 2. The summed E-state index contributed by atoms with van der Waals surface area (Å²) in [6.45, 7) is 8.73. The van der Waals surface area contributed by atoms with Crippen LogP contribution in [0.25, 0.3) is 0 Å². The van der Waals surface area contributed by atoms with Gasteiger partial charge in [-0.05, 0) is 43.9 Å². The van der Waals surface area contributed by atoms with E-state index < -0.39 is 4.93 Å². The Balaban J connectivity index is 2.36. The highest BCUT2D eigenvalue weighted by Gasteiger charge is 2.16. The van der Waals surface area contributed by atoms with Crippen LogP contribution in [-0.4, -0.2) is 18.0 Å². The molecule has 26 heavy (non-hydrogen) atoms. The number of carbonyl (C=O) groups is 1. The van der Waals surface area contributed by atoms with Crippen LogP contribution in [-0.2, 0) is 11.3 Å². The number of thiol groups is 1. The van der Waals surface area contributed by atoms with Gasteiger partial charge >= 0.3 is 0 Å². The maximum atomic E-state index is 12.0. The summed E-state index contributed by atoms with van der Waals surface area (Å²) in [5, 5.41) is 2.98. The molecule has 0 aliphatic heterocycles. The first-order valence-corrected chi connectivity index (χ1v) is 10.0. The van der Waals surface area contributed by atoms with E-state index in [1.165, 1.54) is 19.3 Å². The lowest BCUT2D eigenvalue weighted by atomic mass is 10.0. The number of nitrogens with one attached hydrogen (secondary N) is 1. The molecule has 1 amide bonds. The SMILES string of the molecule is COc1cc(CNC(=O)CCCCCCC(C)C)ccc1OC(C)(C)S. The predicted octanol–water partition coefficient (Wildman–Crippen LogP) is 5.35. The molecule has 0 aliphatic carbocycles. The van der Waals surface area contributed by atoms with Gasteiger partial charge < -0.3 is 14.8 Å². The second-order valence-corrected chi connectivity index (χ2v) is 8.73. The molecule has 0 heterocycles. The Hall–Kier alpha value is -1.36. The van der Waals surface area contributed by atoms with E-state index in [9.17, 15) is 4.79 Å². The van der Waals surface area contributed by atoms with E-state index in [4.69, 9.17) is 9.47 Å². The van der Waals surface area contributed by atoms with Crippen molar-refractivity contribution < 1.29 is 14.3 Å². The third-order valence-corrected chi connectivity index (χ3v) is 4.10. The number of methoxy groups -OCH3 is 1. The van der Waals surface area contributed by atoms with Crippen LogP contribution in [0.3, 0.4) is 0 Å². The Morgan fingerprint density at radius 2 is 1.85 bits per heavy atom. The van der Waals surface area contributed by atoms with E-state index in [-0.39, 0.29) is 5.91 Å². The molecule has 0 bridgehead atoms. The van der Waals surface area contributed by atoms with E-state index in [0.717, 1.165) is 24.3 Å². The molecule has 1 aromatic carbocycles. The first kappa shape index (κ1) is 22.7. The summed E-state index contributed by atoms with van der Waals surface area (Å²) < 4.78 is 11.1. The molecule has 0 aliphatic rings. The van der Waals surface area contributed by atoms with Crippen LogP contribution in [0.1, 0.15) is 71.8 Å². The Kier molecular flexibility index (Phi) is 9.92. The van der Waals surface area contributed by atoms with Crippen LogP contribution in [0.5, 0.6) is 11.5 Å². The fourth-order valence-electron chi connectivity index (χ4n) is 2.66. The van der Waals surface area contributed by atoms with Gasteiger partial charge in [-0.1, -0.05) is 45.6 Å². The zero-order valence-electron chi connectivity index (χ0n) is 16.9. The number of carbonyl (C=O) groups excluding carboxylic acids is 1. The first-order chi connectivity index (χ1) is 12.2. The summed E-state index contributed by atoms with van der Waals surface area (Å²) in [6.07, 6.45) is 6.42. The van der Waals surface area contributed by atoms with Crippen molar-refractivity contribution in [3.8, 4) is 11.5 Å². The lowest BCUT2D eigenvalue weighted by molar-refractivity contribution is -0.121. The summed E-state index contributed by atoms with van der Waals surface area (Å²) in [5.41, 5.74) is 0.983. The van der Waals surface area contributed by atoms with E-state index >= 15 is 0 Å². The van der Waals surface area contributed by atoms with Gasteiger partial charge in [0.2, 0.25) is 5.91 Å². The van der Waals surface area contributed by atoms with Crippen LogP contribution < -0.4 is 14.8 Å². The van der Waals surface area contributed by atoms with Crippen LogP contribution in [0, 0.1) is 5.92 Å². The second kappa shape index (κ2) is 11.4. The molecule has 0 saturated carbocycles. The third-order valence-electron chi connectivity index (χ3n) is 4.01. The highest BCUT2D eigenvalue weighted by atomic mass is 32.1. The maximum Gasteiger partial charge on any atom is 0.220 e. The van der Waals surface area contributed by atoms with E-state index in [1.54, 1.807) is 7.11 Å². The number of hydrogen-bond donors (Lipinski definition) is 2. The van der Waals surface area contributed by atoms with E-state index in [0.29, 0.717) is 24.5 Å². The molecular formula is C21H35NO3S. The first-order valence-electron chi connectivity index (χ1n) is 9.56. The zero-order valence-corrected chi connectivity index (χ0v) is 17.8. The lowest BCUT2D eigenvalue weighted by Crippen LogP contribution is -2.22. The minimum Gasteiger partial charge on any atom is -0.493 e. The second-order valence-electron chi connectivity index (χ2n) is 7.66. The average Bonchev–Trinajstić information content (AvgIpc) is 2.55. The molecule has 1 aromatic rings. The van der Waals surface area contributed by atoms with Gasteiger partial charge in [-0.3, -0.25) is 4.79 Å². The molecule has 4 nitrogen and oxygen atoms in total. The van der Waals surface area contributed by atoms with Crippen LogP contribution in [0.4, 0.5) is 0 Å². The molecule has 0 atom stereocenters. The number of rotatable bonds is 12. The molecule has 0 fully saturated rings. The largest absolute Gasteiger partial charge is 0.493 e. The topological polar surface area (TPSA) is 47.6 Å². The number of amides is 1. The van der Waals surface area contributed by atoms with Gasteiger partial charge in [-0.25, -0.2) is 0 Å². The summed E-state index contributed by atoms with van der Waals surface area (Å²) in [5.74, 6) is 2.16. The Morgan fingerprint density at radius 1 is 1.15 bits per heavy atom.